The van der Waals surface area contributed by atoms with Crippen LogP contribution in [0.1, 0.15) is 5.56 Å². The second-order valence-corrected chi connectivity index (χ2v) is 5.46. The normalized spacial score (nSPS) is 13.5. The number of benzene rings is 1. The van der Waals surface area contributed by atoms with E-state index in [1.54, 1.807) is 11.7 Å². The number of nitrogens with two attached hydrogens (primary N) is 1. The summed E-state index contributed by atoms with van der Waals surface area (Å²) < 4.78 is 1.67. The van der Waals surface area contributed by atoms with E-state index < -0.39 is 6.09 Å². The Labute approximate surface area is 131 Å². The Balaban J connectivity index is 1.89. The first-order valence-corrected chi connectivity index (χ1v) is 7.13. The highest BCUT2D eigenvalue weighted by atomic mass is 16.4. The SMILES string of the molecule is Cn1nc(-c2ccc3c(c2)CCN3C(=O)O)c2c(N)ncnc21. The third-order valence-electron chi connectivity index (χ3n) is 4.13. The molecule has 0 aliphatic carbocycles. The van der Waals surface area contributed by atoms with Crippen molar-refractivity contribution in [3.05, 3.63) is 30.1 Å². The lowest BCUT2D eigenvalue weighted by Gasteiger charge is -2.12. The van der Waals surface area contributed by atoms with E-state index >= 15 is 0 Å². The van der Waals surface area contributed by atoms with Gasteiger partial charge in [-0.25, -0.2) is 19.4 Å². The fraction of sp³-hybridized carbons (Fsp3) is 0.200. The minimum atomic E-state index is -0.933. The van der Waals surface area contributed by atoms with E-state index in [9.17, 15) is 9.90 Å². The van der Waals surface area contributed by atoms with E-state index in [0.717, 1.165) is 16.8 Å². The quantitative estimate of drug-likeness (QED) is 0.707. The molecule has 2 aromatic heterocycles. The molecule has 0 spiro atoms. The Hall–Kier alpha value is -3.16. The standard InChI is InChI=1S/C15H14N6O2/c1-20-14-11(13(16)17-7-18-14)12(19-20)9-2-3-10-8(6-9)4-5-21(10)15(22)23/h2-3,6-7H,4-5H2,1H3,(H,22,23)(H2,16,17,18). The van der Waals surface area contributed by atoms with Crippen LogP contribution in [0.15, 0.2) is 24.5 Å². The van der Waals surface area contributed by atoms with E-state index in [0.29, 0.717) is 35.5 Å². The van der Waals surface area contributed by atoms with Gasteiger partial charge in [0.25, 0.3) is 0 Å². The maximum atomic E-state index is 11.2. The van der Waals surface area contributed by atoms with Crippen LogP contribution >= 0.6 is 0 Å². The molecule has 1 aliphatic rings. The van der Waals surface area contributed by atoms with Gasteiger partial charge in [0.2, 0.25) is 0 Å². The molecule has 1 aromatic carbocycles. The van der Waals surface area contributed by atoms with Crippen LogP contribution in [0.25, 0.3) is 22.3 Å². The van der Waals surface area contributed by atoms with Gasteiger partial charge in [-0.15, -0.1) is 0 Å². The Morgan fingerprint density at radius 1 is 1.35 bits per heavy atom. The van der Waals surface area contributed by atoms with E-state index in [-0.39, 0.29) is 0 Å². The first-order chi connectivity index (χ1) is 11.1. The highest BCUT2D eigenvalue weighted by Crippen LogP contribution is 2.35. The third-order valence-corrected chi connectivity index (χ3v) is 4.13. The van der Waals surface area contributed by atoms with E-state index in [1.807, 2.05) is 18.2 Å². The summed E-state index contributed by atoms with van der Waals surface area (Å²) in [6, 6.07) is 5.63. The number of amides is 1. The number of rotatable bonds is 1. The highest BCUT2D eigenvalue weighted by molar-refractivity contribution is 5.99. The number of anilines is 2. The molecule has 0 bridgehead atoms. The molecule has 3 aromatic rings. The third kappa shape index (κ3) is 1.91. The molecule has 0 radical (unpaired) electrons. The number of fused-ring (bicyclic) bond motifs is 2. The summed E-state index contributed by atoms with van der Waals surface area (Å²) in [7, 11) is 1.80. The van der Waals surface area contributed by atoms with Crippen LogP contribution in [0.5, 0.6) is 0 Å². The number of aryl methyl sites for hydroxylation is 1. The summed E-state index contributed by atoms with van der Waals surface area (Å²) in [6.07, 6.45) is 1.17. The lowest BCUT2D eigenvalue weighted by Crippen LogP contribution is -2.26. The van der Waals surface area contributed by atoms with Crippen molar-refractivity contribution in [3.8, 4) is 11.3 Å². The van der Waals surface area contributed by atoms with Crippen LogP contribution in [-0.4, -0.2) is 37.5 Å². The number of carboxylic acid groups (broad SMARTS) is 1. The summed E-state index contributed by atoms with van der Waals surface area (Å²) in [5, 5.41) is 14.4. The largest absolute Gasteiger partial charge is 0.465 e. The smallest absolute Gasteiger partial charge is 0.411 e. The van der Waals surface area contributed by atoms with Crippen LogP contribution in [-0.2, 0) is 13.5 Å². The van der Waals surface area contributed by atoms with Crippen molar-refractivity contribution in [2.75, 3.05) is 17.2 Å². The van der Waals surface area contributed by atoms with Gasteiger partial charge in [0.1, 0.15) is 17.8 Å². The summed E-state index contributed by atoms with van der Waals surface area (Å²) in [5.41, 5.74) is 9.96. The first-order valence-electron chi connectivity index (χ1n) is 7.13. The van der Waals surface area contributed by atoms with Crippen molar-refractivity contribution < 1.29 is 9.90 Å². The van der Waals surface area contributed by atoms with Gasteiger partial charge >= 0.3 is 6.09 Å². The molecule has 8 heteroatoms. The topological polar surface area (TPSA) is 110 Å². The van der Waals surface area contributed by atoms with Crippen molar-refractivity contribution in [1.82, 2.24) is 19.7 Å². The Bertz CT molecular complexity index is 949. The summed E-state index contributed by atoms with van der Waals surface area (Å²) in [4.78, 5) is 20.8. The molecule has 3 heterocycles. The fourth-order valence-corrected chi connectivity index (χ4v) is 3.06. The number of aromatic nitrogens is 4. The Morgan fingerprint density at radius 3 is 2.96 bits per heavy atom. The van der Waals surface area contributed by atoms with Crippen molar-refractivity contribution in [1.29, 1.82) is 0 Å². The van der Waals surface area contributed by atoms with E-state index in [4.69, 9.17) is 5.73 Å². The van der Waals surface area contributed by atoms with Crippen molar-refractivity contribution >= 4 is 28.6 Å². The summed E-state index contributed by atoms with van der Waals surface area (Å²) in [6.45, 7) is 0.475. The molecule has 1 amide bonds. The maximum Gasteiger partial charge on any atom is 0.411 e. The molecule has 0 saturated carbocycles. The average molecular weight is 310 g/mol. The zero-order chi connectivity index (χ0) is 16.1. The number of nitrogens with zero attached hydrogens (tertiary/aromatic N) is 5. The van der Waals surface area contributed by atoms with Gasteiger partial charge in [-0.2, -0.15) is 5.10 Å². The number of carbonyl (C=O) groups is 1. The van der Waals surface area contributed by atoms with Crippen LogP contribution in [0.3, 0.4) is 0 Å². The monoisotopic (exact) mass is 310 g/mol. The van der Waals surface area contributed by atoms with Crippen molar-refractivity contribution in [2.24, 2.45) is 7.05 Å². The van der Waals surface area contributed by atoms with E-state index in [1.165, 1.54) is 11.2 Å². The molecular formula is C15H14N6O2. The predicted octanol–water partition coefficient (Wildman–Crippen LogP) is 1.65. The minimum Gasteiger partial charge on any atom is -0.465 e. The number of nitrogen functional groups attached to an aromatic ring is 1. The zero-order valence-electron chi connectivity index (χ0n) is 12.4. The molecule has 1 aliphatic heterocycles. The first kappa shape index (κ1) is 13.5. The van der Waals surface area contributed by atoms with Crippen LogP contribution < -0.4 is 10.6 Å². The predicted molar refractivity (Wildman–Crippen MR) is 85.2 cm³/mol. The summed E-state index contributed by atoms with van der Waals surface area (Å²) >= 11 is 0. The van der Waals surface area contributed by atoms with Gasteiger partial charge < -0.3 is 10.8 Å². The Morgan fingerprint density at radius 2 is 2.17 bits per heavy atom. The molecular weight excluding hydrogens is 296 g/mol. The number of hydrogen-bond donors (Lipinski definition) is 2. The van der Waals surface area contributed by atoms with Crippen LogP contribution in [0.2, 0.25) is 0 Å². The van der Waals surface area contributed by atoms with Crippen molar-refractivity contribution in [2.45, 2.75) is 6.42 Å². The second kappa shape index (κ2) is 4.67. The van der Waals surface area contributed by atoms with Gasteiger partial charge in [0, 0.05) is 19.2 Å². The van der Waals surface area contributed by atoms with Gasteiger partial charge in [-0.3, -0.25) is 4.90 Å². The highest BCUT2D eigenvalue weighted by Gasteiger charge is 2.25. The van der Waals surface area contributed by atoms with Gasteiger partial charge in [-0.05, 0) is 24.1 Å². The van der Waals surface area contributed by atoms with Crippen LogP contribution in [0, 0.1) is 0 Å². The van der Waals surface area contributed by atoms with Crippen molar-refractivity contribution in [3.63, 3.8) is 0 Å². The molecule has 23 heavy (non-hydrogen) atoms. The molecule has 3 N–H and O–H groups in total. The molecule has 0 atom stereocenters. The molecule has 116 valence electrons. The van der Waals surface area contributed by atoms with E-state index in [2.05, 4.69) is 15.1 Å². The molecule has 8 nitrogen and oxygen atoms in total. The zero-order valence-corrected chi connectivity index (χ0v) is 12.4. The average Bonchev–Trinajstić information content (AvgIpc) is 3.09. The lowest BCUT2D eigenvalue weighted by atomic mass is 10.0. The van der Waals surface area contributed by atoms with Gasteiger partial charge in [0.15, 0.2) is 5.65 Å². The molecule has 0 saturated heterocycles. The lowest BCUT2D eigenvalue weighted by molar-refractivity contribution is 0.202. The van der Waals surface area contributed by atoms with Gasteiger partial charge in [0.05, 0.1) is 11.1 Å². The maximum absolute atomic E-state index is 11.2. The minimum absolute atomic E-state index is 0.380. The number of hydrogen-bond acceptors (Lipinski definition) is 5. The second-order valence-electron chi connectivity index (χ2n) is 5.46. The van der Waals surface area contributed by atoms with Gasteiger partial charge in [-0.1, -0.05) is 6.07 Å². The molecule has 0 unspecified atom stereocenters. The summed E-state index contributed by atoms with van der Waals surface area (Å²) in [5.74, 6) is 0.380. The fourth-order valence-electron chi connectivity index (χ4n) is 3.06. The molecule has 4 rings (SSSR count). The Kier molecular flexibility index (Phi) is 2.74. The van der Waals surface area contributed by atoms with Crippen LogP contribution in [0.4, 0.5) is 16.3 Å². The molecule has 0 fully saturated rings.